The van der Waals surface area contributed by atoms with Gasteiger partial charge in [0.15, 0.2) is 0 Å². The highest BCUT2D eigenvalue weighted by molar-refractivity contribution is 6.32. The third-order valence-corrected chi connectivity index (χ3v) is 4.00. The molecule has 0 saturated carbocycles. The average molecular weight is 306 g/mol. The molecule has 2 aromatic carbocycles. The quantitative estimate of drug-likeness (QED) is 0.813. The lowest BCUT2D eigenvalue weighted by Gasteiger charge is -2.35. The van der Waals surface area contributed by atoms with Gasteiger partial charge in [0.05, 0.1) is 0 Å². The van der Waals surface area contributed by atoms with E-state index in [9.17, 15) is 4.79 Å². The number of hydrogen-bond acceptors (Lipinski definition) is 3. The van der Waals surface area contributed by atoms with E-state index in [-0.39, 0.29) is 6.09 Å². The standard InChI is InChI=1S/C18H19BN2O2/c19-16-6-8-17(9-7-16)20-10-12-21(13-11-20)18(22)23-14-15-4-2-1-3-5-15/h1-9H,10-14H2. The number of anilines is 1. The van der Waals surface area contributed by atoms with E-state index in [1.54, 1.807) is 4.90 Å². The number of amides is 1. The van der Waals surface area contributed by atoms with Crippen LogP contribution < -0.4 is 10.4 Å². The van der Waals surface area contributed by atoms with Crippen LogP contribution in [0.5, 0.6) is 0 Å². The van der Waals surface area contributed by atoms with Crippen LogP contribution in [-0.2, 0) is 11.3 Å². The SMILES string of the molecule is [B]c1ccc(N2CCN(C(=O)OCc3ccccc3)CC2)cc1. The number of ether oxygens (including phenoxy) is 1. The summed E-state index contributed by atoms with van der Waals surface area (Å²) in [5, 5.41) is 0. The molecule has 1 amide bonds. The summed E-state index contributed by atoms with van der Waals surface area (Å²) in [6.07, 6.45) is -0.245. The molecular formula is C18H19BN2O2. The molecule has 0 bridgehead atoms. The molecule has 0 spiro atoms. The lowest BCUT2D eigenvalue weighted by atomic mass is 9.96. The summed E-state index contributed by atoms with van der Waals surface area (Å²) in [6, 6.07) is 17.5. The molecule has 1 heterocycles. The summed E-state index contributed by atoms with van der Waals surface area (Å²) in [6.45, 7) is 3.24. The third kappa shape index (κ3) is 4.06. The predicted octanol–water partition coefficient (Wildman–Crippen LogP) is 1.94. The van der Waals surface area contributed by atoms with Crippen LogP contribution in [0.3, 0.4) is 0 Å². The zero-order valence-corrected chi connectivity index (χ0v) is 13.0. The smallest absolute Gasteiger partial charge is 0.410 e. The second kappa shape index (κ2) is 7.22. The molecule has 3 rings (SSSR count). The molecule has 5 heteroatoms. The van der Waals surface area contributed by atoms with Gasteiger partial charge in [0.1, 0.15) is 14.5 Å². The first-order chi connectivity index (χ1) is 11.2. The van der Waals surface area contributed by atoms with E-state index in [1.165, 1.54) is 0 Å². The fourth-order valence-corrected chi connectivity index (χ4v) is 2.64. The molecule has 2 aromatic rings. The monoisotopic (exact) mass is 306 g/mol. The van der Waals surface area contributed by atoms with Gasteiger partial charge in [0, 0.05) is 31.9 Å². The van der Waals surface area contributed by atoms with Crippen LogP contribution in [0, 0.1) is 0 Å². The van der Waals surface area contributed by atoms with E-state index in [1.807, 2.05) is 54.6 Å². The molecule has 0 aromatic heterocycles. The van der Waals surface area contributed by atoms with Crippen molar-refractivity contribution in [1.29, 1.82) is 0 Å². The topological polar surface area (TPSA) is 32.8 Å². The van der Waals surface area contributed by atoms with E-state index in [2.05, 4.69) is 4.90 Å². The molecule has 1 aliphatic heterocycles. The maximum Gasteiger partial charge on any atom is 0.410 e. The highest BCUT2D eigenvalue weighted by atomic mass is 16.6. The van der Waals surface area contributed by atoms with Crippen molar-refractivity contribution in [2.24, 2.45) is 0 Å². The van der Waals surface area contributed by atoms with E-state index in [0.29, 0.717) is 19.7 Å². The van der Waals surface area contributed by atoms with Crippen molar-refractivity contribution >= 4 is 25.1 Å². The summed E-state index contributed by atoms with van der Waals surface area (Å²) < 4.78 is 5.38. The summed E-state index contributed by atoms with van der Waals surface area (Å²) in [7, 11) is 5.71. The van der Waals surface area contributed by atoms with Gasteiger partial charge < -0.3 is 14.5 Å². The second-order valence-corrected chi connectivity index (χ2v) is 5.61. The summed E-state index contributed by atoms with van der Waals surface area (Å²) >= 11 is 0. The minimum absolute atomic E-state index is 0.245. The Morgan fingerprint density at radius 1 is 0.957 bits per heavy atom. The molecular weight excluding hydrogens is 287 g/mol. The maximum atomic E-state index is 12.1. The lowest BCUT2D eigenvalue weighted by molar-refractivity contribution is 0.0942. The lowest BCUT2D eigenvalue weighted by Crippen LogP contribution is -2.49. The number of nitrogens with zero attached hydrogens (tertiary/aromatic N) is 2. The number of carbonyl (C=O) groups excluding carboxylic acids is 1. The van der Waals surface area contributed by atoms with Gasteiger partial charge in [-0.1, -0.05) is 47.9 Å². The third-order valence-electron chi connectivity index (χ3n) is 4.00. The van der Waals surface area contributed by atoms with Crippen LogP contribution >= 0.6 is 0 Å². The van der Waals surface area contributed by atoms with Crippen molar-refractivity contribution in [3.8, 4) is 0 Å². The molecule has 116 valence electrons. The summed E-state index contributed by atoms with van der Waals surface area (Å²) in [5.74, 6) is 0. The van der Waals surface area contributed by atoms with Gasteiger partial charge in [0.2, 0.25) is 0 Å². The normalized spacial score (nSPS) is 14.6. The Bertz CT molecular complexity index is 638. The molecule has 0 unspecified atom stereocenters. The molecule has 1 aliphatic rings. The van der Waals surface area contributed by atoms with Gasteiger partial charge in [0.25, 0.3) is 0 Å². The van der Waals surface area contributed by atoms with Gasteiger partial charge in [-0.25, -0.2) is 4.79 Å². The Labute approximate surface area is 138 Å². The van der Waals surface area contributed by atoms with Gasteiger partial charge >= 0.3 is 6.09 Å². The molecule has 0 aliphatic carbocycles. The first-order valence-corrected chi connectivity index (χ1v) is 7.78. The fourth-order valence-electron chi connectivity index (χ4n) is 2.64. The van der Waals surface area contributed by atoms with Gasteiger partial charge in [-0.05, 0) is 17.7 Å². The molecule has 23 heavy (non-hydrogen) atoms. The van der Waals surface area contributed by atoms with Crippen LogP contribution in [0.4, 0.5) is 10.5 Å². The summed E-state index contributed by atoms with van der Waals surface area (Å²) in [5.41, 5.74) is 2.90. The average Bonchev–Trinajstić information content (AvgIpc) is 2.61. The van der Waals surface area contributed by atoms with Crippen molar-refractivity contribution in [3.63, 3.8) is 0 Å². The first kappa shape index (κ1) is 15.5. The number of piperazine rings is 1. The van der Waals surface area contributed by atoms with Crippen molar-refractivity contribution < 1.29 is 9.53 Å². The zero-order valence-electron chi connectivity index (χ0n) is 13.0. The van der Waals surface area contributed by atoms with Gasteiger partial charge in [-0.15, -0.1) is 0 Å². The van der Waals surface area contributed by atoms with E-state index >= 15 is 0 Å². The Morgan fingerprint density at radius 2 is 1.61 bits per heavy atom. The number of hydrogen-bond donors (Lipinski definition) is 0. The summed E-state index contributed by atoms with van der Waals surface area (Å²) in [4.78, 5) is 16.1. The van der Waals surface area contributed by atoms with Gasteiger partial charge in [-0.3, -0.25) is 0 Å². The fraction of sp³-hybridized carbons (Fsp3) is 0.278. The predicted molar refractivity (Wildman–Crippen MR) is 92.2 cm³/mol. The minimum atomic E-state index is -0.245. The molecule has 0 N–H and O–H groups in total. The first-order valence-electron chi connectivity index (χ1n) is 7.78. The van der Waals surface area contributed by atoms with E-state index in [0.717, 1.165) is 29.8 Å². The number of rotatable bonds is 3. The Morgan fingerprint density at radius 3 is 2.26 bits per heavy atom. The van der Waals surface area contributed by atoms with E-state index in [4.69, 9.17) is 12.6 Å². The largest absolute Gasteiger partial charge is 0.445 e. The van der Waals surface area contributed by atoms with Crippen molar-refractivity contribution in [1.82, 2.24) is 4.90 Å². The molecule has 4 nitrogen and oxygen atoms in total. The Balaban J connectivity index is 1.48. The van der Waals surface area contributed by atoms with Crippen molar-refractivity contribution in [3.05, 3.63) is 60.2 Å². The number of benzene rings is 2. The second-order valence-electron chi connectivity index (χ2n) is 5.61. The van der Waals surface area contributed by atoms with Crippen LogP contribution in [0.1, 0.15) is 5.56 Å². The highest BCUT2D eigenvalue weighted by Crippen LogP contribution is 2.15. The number of carbonyl (C=O) groups is 1. The molecule has 1 fully saturated rings. The minimum Gasteiger partial charge on any atom is -0.445 e. The maximum absolute atomic E-state index is 12.1. The van der Waals surface area contributed by atoms with Crippen LogP contribution in [0.15, 0.2) is 54.6 Å². The van der Waals surface area contributed by atoms with Crippen LogP contribution in [0.25, 0.3) is 0 Å². The van der Waals surface area contributed by atoms with Crippen LogP contribution in [-0.4, -0.2) is 45.0 Å². The zero-order chi connectivity index (χ0) is 16.1. The molecule has 2 radical (unpaired) electrons. The van der Waals surface area contributed by atoms with Crippen molar-refractivity contribution in [2.45, 2.75) is 6.61 Å². The van der Waals surface area contributed by atoms with Gasteiger partial charge in [-0.2, -0.15) is 0 Å². The van der Waals surface area contributed by atoms with E-state index < -0.39 is 0 Å². The van der Waals surface area contributed by atoms with Crippen LogP contribution in [0.2, 0.25) is 0 Å². The Hall–Kier alpha value is -2.43. The molecule has 1 saturated heterocycles. The van der Waals surface area contributed by atoms with Crippen molar-refractivity contribution in [2.75, 3.05) is 31.1 Å². The Kier molecular flexibility index (Phi) is 4.86. The molecule has 0 atom stereocenters. The highest BCUT2D eigenvalue weighted by Gasteiger charge is 2.22.